The monoisotopic (exact) mass is 276 g/mol. The fourth-order valence-electron chi connectivity index (χ4n) is 2.64. The van der Waals surface area contributed by atoms with Crippen molar-refractivity contribution in [2.75, 3.05) is 18.4 Å². The van der Waals surface area contributed by atoms with Crippen LogP contribution in [0.25, 0.3) is 0 Å². The van der Waals surface area contributed by atoms with Crippen molar-refractivity contribution in [1.29, 1.82) is 0 Å². The highest BCUT2D eigenvalue weighted by molar-refractivity contribution is 5.94. The zero-order chi connectivity index (χ0) is 14.4. The number of hydrogen-bond acceptors (Lipinski definition) is 3. The molecule has 20 heavy (non-hydrogen) atoms. The van der Waals surface area contributed by atoms with Crippen LogP contribution in [0, 0.1) is 0 Å². The van der Waals surface area contributed by atoms with Crippen LogP contribution in [0.5, 0.6) is 0 Å². The Morgan fingerprint density at radius 3 is 2.65 bits per heavy atom. The zero-order valence-corrected chi connectivity index (χ0v) is 12.1. The number of amides is 1. The molecule has 0 spiro atoms. The van der Waals surface area contributed by atoms with Gasteiger partial charge in [0.25, 0.3) is 0 Å². The van der Waals surface area contributed by atoms with Gasteiger partial charge in [-0.3, -0.25) is 9.69 Å². The quantitative estimate of drug-likeness (QED) is 0.888. The van der Waals surface area contributed by atoms with Crippen LogP contribution in [0.3, 0.4) is 0 Å². The molecule has 1 atom stereocenters. The Morgan fingerprint density at radius 2 is 2.00 bits per heavy atom. The molecule has 0 aromatic heterocycles. The van der Waals surface area contributed by atoms with Gasteiger partial charge in [0.05, 0.1) is 12.6 Å². The number of anilines is 1. The predicted molar refractivity (Wildman–Crippen MR) is 80.5 cm³/mol. The summed E-state index contributed by atoms with van der Waals surface area (Å²) < 4.78 is 0. The Balaban J connectivity index is 1.95. The lowest BCUT2D eigenvalue weighted by Gasteiger charge is -2.26. The van der Waals surface area contributed by atoms with Gasteiger partial charge in [-0.15, -0.1) is 0 Å². The van der Waals surface area contributed by atoms with Crippen molar-refractivity contribution in [3.05, 3.63) is 29.8 Å². The maximum atomic E-state index is 12.3. The minimum absolute atomic E-state index is 0.00854. The van der Waals surface area contributed by atoms with Gasteiger partial charge in [-0.25, -0.2) is 0 Å². The third kappa shape index (κ3) is 4.05. The molecule has 1 aliphatic rings. The molecule has 4 nitrogen and oxygen atoms in total. The molecule has 110 valence electrons. The Labute approximate surface area is 120 Å². The SMILES string of the molecule is C[C@H](C(=O)Nc1cccc(CO)c1)N1CCCCCC1. The number of nitrogens with zero attached hydrogens (tertiary/aromatic N) is 1. The fraction of sp³-hybridized carbons (Fsp3) is 0.562. The molecule has 1 aromatic rings. The van der Waals surface area contributed by atoms with Gasteiger partial charge >= 0.3 is 0 Å². The summed E-state index contributed by atoms with van der Waals surface area (Å²) >= 11 is 0. The molecule has 0 radical (unpaired) electrons. The van der Waals surface area contributed by atoms with Crippen molar-refractivity contribution < 1.29 is 9.90 Å². The van der Waals surface area contributed by atoms with Crippen molar-refractivity contribution in [3.63, 3.8) is 0 Å². The van der Waals surface area contributed by atoms with Gasteiger partial charge < -0.3 is 10.4 Å². The van der Waals surface area contributed by atoms with Crippen LogP contribution in [0.1, 0.15) is 38.2 Å². The first kappa shape index (κ1) is 15.0. The highest BCUT2D eigenvalue weighted by atomic mass is 16.3. The molecule has 4 heteroatoms. The predicted octanol–water partition coefficient (Wildman–Crippen LogP) is 2.38. The summed E-state index contributed by atoms with van der Waals surface area (Å²) in [5.74, 6) is 0.0296. The molecule has 1 amide bonds. The molecule has 2 N–H and O–H groups in total. The number of aliphatic hydroxyl groups is 1. The van der Waals surface area contributed by atoms with E-state index in [-0.39, 0.29) is 18.6 Å². The van der Waals surface area contributed by atoms with Crippen LogP contribution in [-0.4, -0.2) is 35.0 Å². The van der Waals surface area contributed by atoms with Crippen LogP contribution in [0.2, 0.25) is 0 Å². The first-order valence-corrected chi connectivity index (χ1v) is 7.45. The van der Waals surface area contributed by atoms with E-state index in [9.17, 15) is 4.79 Å². The van der Waals surface area contributed by atoms with Crippen molar-refractivity contribution in [2.24, 2.45) is 0 Å². The van der Waals surface area contributed by atoms with Gasteiger partial charge in [0.15, 0.2) is 0 Å². The summed E-state index contributed by atoms with van der Waals surface area (Å²) in [4.78, 5) is 14.6. The molecule has 1 saturated heterocycles. The van der Waals surface area contributed by atoms with E-state index in [0.717, 1.165) is 24.3 Å². The van der Waals surface area contributed by atoms with E-state index in [1.165, 1.54) is 25.7 Å². The fourth-order valence-corrected chi connectivity index (χ4v) is 2.64. The topological polar surface area (TPSA) is 52.6 Å². The van der Waals surface area contributed by atoms with Crippen molar-refractivity contribution in [3.8, 4) is 0 Å². The summed E-state index contributed by atoms with van der Waals surface area (Å²) in [5, 5.41) is 12.1. The van der Waals surface area contributed by atoms with E-state index < -0.39 is 0 Å². The normalized spacial score (nSPS) is 18.3. The number of carbonyl (C=O) groups is 1. The number of benzene rings is 1. The Bertz CT molecular complexity index is 440. The smallest absolute Gasteiger partial charge is 0.241 e. The molecule has 0 aliphatic carbocycles. The van der Waals surface area contributed by atoms with Gasteiger partial charge in [-0.05, 0) is 50.6 Å². The molecule has 1 fully saturated rings. The Kier molecular flexibility index (Phi) is 5.56. The second-order valence-electron chi connectivity index (χ2n) is 5.47. The second kappa shape index (κ2) is 7.41. The lowest BCUT2D eigenvalue weighted by Crippen LogP contribution is -2.42. The Morgan fingerprint density at radius 1 is 1.30 bits per heavy atom. The van der Waals surface area contributed by atoms with Crippen LogP contribution in [-0.2, 0) is 11.4 Å². The number of aliphatic hydroxyl groups excluding tert-OH is 1. The molecule has 1 aliphatic heterocycles. The third-order valence-corrected chi connectivity index (χ3v) is 3.94. The molecule has 1 heterocycles. The summed E-state index contributed by atoms with van der Waals surface area (Å²) in [6.07, 6.45) is 4.89. The highest BCUT2D eigenvalue weighted by Gasteiger charge is 2.22. The average molecular weight is 276 g/mol. The van der Waals surface area contributed by atoms with E-state index in [4.69, 9.17) is 5.11 Å². The maximum absolute atomic E-state index is 12.3. The number of hydrogen-bond donors (Lipinski definition) is 2. The number of carbonyl (C=O) groups excluding carboxylic acids is 1. The standard InChI is InChI=1S/C16H24N2O2/c1-13(18-9-4-2-3-5-10-18)16(20)17-15-8-6-7-14(11-15)12-19/h6-8,11,13,19H,2-5,9-10,12H2,1H3,(H,17,20)/t13-/m1/s1. The summed E-state index contributed by atoms with van der Waals surface area (Å²) in [7, 11) is 0. The van der Waals surface area contributed by atoms with E-state index in [0.29, 0.717) is 0 Å². The van der Waals surface area contributed by atoms with Crippen molar-refractivity contribution >= 4 is 11.6 Å². The largest absolute Gasteiger partial charge is 0.392 e. The van der Waals surface area contributed by atoms with E-state index in [2.05, 4.69) is 10.2 Å². The summed E-state index contributed by atoms with van der Waals surface area (Å²) in [5.41, 5.74) is 1.56. The van der Waals surface area contributed by atoms with E-state index >= 15 is 0 Å². The van der Waals surface area contributed by atoms with Crippen LogP contribution in [0.15, 0.2) is 24.3 Å². The third-order valence-electron chi connectivity index (χ3n) is 3.94. The Hall–Kier alpha value is -1.39. The molecule has 0 bridgehead atoms. The first-order valence-electron chi connectivity index (χ1n) is 7.45. The lowest BCUT2D eigenvalue weighted by molar-refractivity contribution is -0.120. The number of likely N-dealkylation sites (tertiary alicyclic amines) is 1. The molecular weight excluding hydrogens is 252 g/mol. The van der Waals surface area contributed by atoms with Gasteiger partial charge in [0, 0.05) is 5.69 Å². The number of nitrogens with one attached hydrogen (secondary N) is 1. The lowest BCUT2D eigenvalue weighted by atomic mass is 10.2. The van der Waals surface area contributed by atoms with Crippen molar-refractivity contribution in [1.82, 2.24) is 4.90 Å². The van der Waals surface area contributed by atoms with E-state index in [1.54, 1.807) is 0 Å². The summed E-state index contributed by atoms with van der Waals surface area (Å²) in [6.45, 7) is 3.97. The van der Waals surface area contributed by atoms with Gasteiger partial charge in [0.1, 0.15) is 0 Å². The average Bonchev–Trinajstić information content (AvgIpc) is 2.75. The van der Waals surface area contributed by atoms with Crippen LogP contribution >= 0.6 is 0 Å². The van der Waals surface area contributed by atoms with Gasteiger partial charge in [0.2, 0.25) is 5.91 Å². The first-order chi connectivity index (χ1) is 9.70. The maximum Gasteiger partial charge on any atom is 0.241 e. The minimum Gasteiger partial charge on any atom is -0.392 e. The van der Waals surface area contributed by atoms with E-state index in [1.807, 2.05) is 31.2 Å². The van der Waals surface area contributed by atoms with Crippen LogP contribution in [0.4, 0.5) is 5.69 Å². The van der Waals surface area contributed by atoms with Gasteiger partial charge in [-0.2, -0.15) is 0 Å². The highest BCUT2D eigenvalue weighted by Crippen LogP contribution is 2.15. The molecular formula is C16H24N2O2. The van der Waals surface area contributed by atoms with Crippen molar-refractivity contribution in [2.45, 2.75) is 45.3 Å². The minimum atomic E-state index is -0.106. The zero-order valence-electron chi connectivity index (χ0n) is 12.1. The summed E-state index contributed by atoms with van der Waals surface area (Å²) in [6, 6.07) is 7.25. The molecule has 0 unspecified atom stereocenters. The van der Waals surface area contributed by atoms with Gasteiger partial charge in [-0.1, -0.05) is 25.0 Å². The molecule has 2 rings (SSSR count). The second-order valence-corrected chi connectivity index (χ2v) is 5.47. The van der Waals surface area contributed by atoms with Crippen LogP contribution < -0.4 is 5.32 Å². The number of rotatable bonds is 4. The molecule has 1 aromatic carbocycles. The molecule has 0 saturated carbocycles.